The van der Waals surface area contributed by atoms with Gasteiger partial charge in [-0.05, 0) is 17.3 Å². The van der Waals surface area contributed by atoms with Gasteiger partial charge in [-0.2, -0.15) is 9.80 Å². The van der Waals surface area contributed by atoms with E-state index >= 15 is 0 Å². The lowest BCUT2D eigenvalue weighted by atomic mass is 10.3. The molecule has 2 rings (SSSR count). The summed E-state index contributed by atoms with van der Waals surface area (Å²) in [6, 6.07) is 7.36. The number of para-hydroxylation sites is 1. The van der Waals surface area contributed by atoms with Crippen molar-refractivity contribution >= 4 is 5.69 Å². The normalized spacial score (nSPS) is 11.4. The first kappa shape index (κ1) is 10.5. The van der Waals surface area contributed by atoms with Crippen LogP contribution >= 0.6 is 0 Å². The van der Waals surface area contributed by atoms with Crippen LogP contribution in [0.15, 0.2) is 42.7 Å². The van der Waals surface area contributed by atoms with Gasteiger partial charge in [-0.15, -0.1) is 18.3 Å². The van der Waals surface area contributed by atoms with E-state index in [9.17, 15) is 13.2 Å². The maximum absolute atomic E-state index is 12.8. The number of rotatable bonds is 2. The zero-order chi connectivity index (χ0) is 11.6. The van der Waals surface area contributed by atoms with Crippen LogP contribution in [0.4, 0.5) is 18.9 Å². The SMILES string of the molecule is FC(F)(F)N(c1ccccc1)n1ccnn1. The number of hydrogen-bond acceptors (Lipinski definition) is 3. The first-order valence-corrected chi connectivity index (χ1v) is 4.37. The molecule has 16 heavy (non-hydrogen) atoms. The Morgan fingerprint density at radius 2 is 1.81 bits per heavy atom. The molecule has 0 amide bonds. The van der Waals surface area contributed by atoms with Crippen molar-refractivity contribution in [3.63, 3.8) is 0 Å². The third kappa shape index (κ3) is 1.97. The smallest absolute Gasteiger partial charge is 0.170 e. The molecular formula is C9H7F3N4. The highest BCUT2D eigenvalue weighted by Gasteiger charge is 2.39. The van der Waals surface area contributed by atoms with E-state index in [1.807, 2.05) is 0 Å². The summed E-state index contributed by atoms with van der Waals surface area (Å²) in [5, 5.41) is 6.78. The Balaban J connectivity index is 2.45. The molecule has 84 valence electrons. The highest BCUT2D eigenvalue weighted by atomic mass is 19.4. The third-order valence-electron chi connectivity index (χ3n) is 1.86. The highest BCUT2D eigenvalue weighted by Crippen LogP contribution is 2.27. The minimum absolute atomic E-state index is 0.0273. The van der Waals surface area contributed by atoms with Crippen LogP contribution in [-0.2, 0) is 0 Å². The summed E-state index contributed by atoms with van der Waals surface area (Å²) in [5.41, 5.74) is -0.0273. The Labute approximate surface area is 88.9 Å². The van der Waals surface area contributed by atoms with Gasteiger partial charge in [0.15, 0.2) is 0 Å². The van der Waals surface area contributed by atoms with Crippen molar-refractivity contribution in [3.05, 3.63) is 42.7 Å². The fourth-order valence-corrected chi connectivity index (χ4v) is 1.26. The second-order valence-corrected chi connectivity index (χ2v) is 2.94. The molecule has 0 N–H and O–H groups in total. The maximum Gasteiger partial charge on any atom is 0.505 e. The molecule has 0 radical (unpaired) electrons. The number of halogens is 3. The van der Waals surface area contributed by atoms with E-state index in [2.05, 4.69) is 10.3 Å². The zero-order valence-electron chi connectivity index (χ0n) is 7.96. The number of hydrogen-bond donors (Lipinski definition) is 0. The first-order chi connectivity index (χ1) is 7.59. The van der Waals surface area contributed by atoms with Crippen LogP contribution < -0.4 is 5.01 Å². The van der Waals surface area contributed by atoms with Gasteiger partial charge in [0.25, 0.3) is 0 Å². The van der Waals surface area contributed by atoms with E-state index in [-0.39, 0.29) is 10.7 Å². The lowest BCUT2D eigenvalue weighted by molar-refractivity contribution is -0.138. The van der Waals surface area contributed by atoms with Crippen molar-refractivity contribution in [3.8, 4) is 0 Å². The molecule has 0 saturated carbocycles. The average Bonchev–Trinajstić information content (AvgIpc) is 2.71. The molecule has 4 nitrogen and oxygen atoms in total. The van der Waals surface area contributed by atoms with Gasteiger partial charge >= 0.3 is 6.30 Å². The van der Waals surface area contributed by atoms with Gasteiger partial charge in [-0.3, -0.25) is 0 Å². The fraction of sp³-hybridized carbons (Fsp3) is 0.111. The summed E-state index contributed by atoms with van der Waals surface area (Å²) >= 11 is 0. The quantitative estimate of drug-likeness (QED) is 0.738. The van der Waals surface area contributed by atoms with Crippen molar-refractivity contribution in [2.24, 2.45) is 0 Å². The molecule has 7 heteroatoms. The van der Waals surface area contributed by atoms with Crippen LogP contribution in [0.2, 0.25) is 0 Å². The number of anilines is 1. The minimum Gasteiger partial charge on any atom is -0.170 e. The summed E-state index contributed by atoms with van der Waals surface area (Å²) in [7, 11) is 0. The van der Waals surface area contributed by atoms with Crippen LogP contribution in [0.1, 0.15) is 0 Å². The first-order valence-electron chi connectivity index (χ1n) is 4.37. The van der Waals surface area contributed by atoms with E-state index in [0.29, 0.717) is 4.79 Å². The Kier molecular flexibility index (Phi) is 2.51. The van der Waals surface area contributed by atoms with E-state index in [0.717, 1.165) is 6.20 Å². The molecular weight excluding hydrogens is 221 g/mol. The Morgan fingerprint density at radius 3 is 2.31 bits per heavy atom. The van der Waals surface area contributed by atoms with Gasteiger partial charge in [0.1, 0.15) is 0 Å². The number of alkyl halides is 3. The summed E-state index contributed by atoms with van der Waals surface area (Å²) in [5.74, 6) is 0. The molecule has 0 spiro atoms. The van der Waals surface area contributed by atoms with Gasteiger partial charge in [0.2, 0.25) is 0 Å². The molecule has 1 aromatic heterocycles. The summed E-state index contributed by atoms with van der Waals surface area (Å²) in [4.78, 5) is 0.634. The van der Waals surface area contributed by atoms with Gasteiger partial charge in [-0.1, -0.05) is 18.2 Å². The third-order valence-corrected chi connectivity index (χ3v) is 1.86. The molecule has 0 unspecified atom stereocenters. The lowest BCUT2D eigenvalue weighted by Crippen LogP contribution is -2.42. The maximum atomic E-state index is 12.8. The lowest BCUT2D eigenvalue weighted by Gasteiger charge is -2.25. The van der Waals surface area contributed by atoms with Crippen LogP contribution in [0, 0.1) is 0 Å². The monoisotopic (exact) mass is 228 g/mol. The van der Waals surface area contributed by atoms with E-state index in [1.165, 1.54) is 30.5 Å². The largest absolute Gasteiger partial charge is 0.505 e. The topological polar surface area (TPSA) is 34.0 Å². The summed E-state index contributed by atoms with van der Waals surface area (Å²) in [6.45, 7) is 0. The fourth-order valence-electron chi connectivity index (χ4n) is 1.26. The molecule has 0 saturated heterocycles. The second-order valence-electron chi connectivity index (χ2n) is 2.94. The second kappa shape index (κ2) is 3.84. The molecule has 0 fully saturated rings. The number of aromatic nitrogens is 3. The molecule has 0 bridgehead atoms. The van der Waals surface area contributed by atoms with Crippen molar-refractivity contribution in [2.75, 3.05) is 5.01 Å². The molecule has 0 atom stereocenters. The van der Waals surface area contributed by atoms with E-state index in [4.69, 9.17) is 0 Å². The average molecular weight is 228 g/mol. The van der Waals surface area contributed by atoms with Crippen molar-refractivity contribution in [1.82, 2.24) is 15.1 Å². The van der Waals surface area contributed by atoms with Crippen molar-refractivity contribution in [1.29, 1.82) is 0 Å². The van der Waals surface area contributed by atoms with Gasteiger partial charge in [0, 0.05) is 0 Å². The molecule has 1 heterocycles. The minimum atomic E-state index is -4.56. The van der Waals surface area contributed by atoms with Gasteiger partial charge < -0.3 is 0 Å². The molecule has 0 aliphatic carbocycles. The molecule has 0 aliphatic rings. The summed E-state index contributed by atoms with van der Waals surface area (Å²) < 4.78 is 38.4. The Morgan fingerprint density at radius 1 is 1.12 bits per heavy atom. The molecule has 2 aromatic rings. The molecule has 0 aliphatic heterocycles. The van der Waals surface area contributed by atoms with Crippen molar-refractivity contribution < 1.29 is 13.2 Å². The van der Waals surface area contributed by atoms with Crippen molar-refractivity contribution in [2.45, 2.75) is 6.30 Å². The van der Waals surface area contributed by atoms with Crippen LogP contribution in [-0.4, -0.2) is 21.4 Å². The Hall–Kier alpha value is -2.05. The number of nitrogens with zero attached hydrogens (tertiary/aromatic N) is 4. The predicted molar refractivity (Wildman–Crippen MR) is 50.4 cm³/mol. The predicted octanol–water partition coefficient (Wildman–Crippen LogP) is 2.07. The van der Waals surface area contributed by atoms with Crippen LogP contribution in [0.25, 0.3) is 0 Å². The highest BCUT2D eigenvalue weighted by molar-refractivity contribution is 5.45. The van der Waals surface area contributed by atoms with Crippen LogP contribution in [0.3, 0.4) is 0 Å². The van der Waals surface area contributed by atoms with E-state index < -0.39 is 6.30 Å². The van der Waals surface area contributed by atoms with Crippen LogP contribution in [0.5, 0.6) is 0 Å². The molecule has 1 aromatic carbocycles. The zero-order valence-corrected chi connectivity index (χ0v) is 7.96. The van der Waals surface area contributed by atoms with Gasteiger partial charge in [0.05, 0.1) is 18.1 Å². The summed E-state index contributed by atoms with van der Waals surface area (Å²) in [6.07, 6.45) is -2.25. The Bertz CT molecular complexity index is 438. The standard InChI is InChI=1S/C9H7F3N4/c10-9(11,12)16(15-7-6-13-14-15)8-4-2-1-3-5-8/h1-7H. The number of benzene rings is 1. The van der Waals surface area contributed by atoms with E-state index in [1.54, 1.807) is 6.07 Å². The van der Waals surface area contributed by atoms with Gasteiger partial charge in [-0.25, -0.2) is 0 Å².